The van der Waals surface area contributed by atoms with Crippen LogP contribution in [-0.2, 0) is 6.54 Å². The number of rotatable bonds is 5. The van der Waals surface area contributed by atoms with Crippen LogP contribution in [0.2, 0.25) is 0 Å². The van der Waals surface area contributed by atoms with Crippen LogP contribution < -0.4 is 5.32 Å². The van der Waals surface area contributed by atoms with E-state index in [1.807, 2.05) is 16.9 Å². The fourth-order valence-corrected chi connectivity index (χ4v) is 2.64. The highest BCUT2D eigenvalue weighted by Crippen LogP contribution is 2.17. The Morgan fingerprint density at radius 1 is 1.05 bits per heavy atom. The highest BCUT2D eigenvalue weighted by Gasteiger charge is 2.07. The van der Waals surface area contributed by atoms with Gasteiger partial charge < -0.3 is 5.32 Å². The van der Waals surface area contributed by atoms with E-state index in [1.54, 1.807) is 6.20 Å². The molecule has 0 saturated carbocycles. The lowest BCUT2D eigenvalue weighted by atomic mass is 10.0. The Bertz CT molecular complexity index is 715. The predicted octanol–water partition coefficient (Wildman–Crippen LogP) is 4.03. The van der Waals surface area contributed by atoms with Gasteiger partial charge in [0.15, 0.2) is 0 Å². The van der Waals surface area contributed by atoms with Crippen LogP contribution in [0.15, 0.2) is 67.0 Å². The summed E-state index contributed by atoms with van der Waals surface area (Å²) >= 11 is 0. The van der Waals surface area contributed by atoms with Gasteiger partial charge in [0.1, 0.15) is 0 Å². The Labute approximate surface area is 131 Å². The summed E-state index contributed by atoms with van der Waals surface area (Å²) in [5.74, 6) is 0. The summed E-state index contributed by atoms with van der Waals surface area (Å²) in [5.41, 5.74) is 5.05. The van der Waals surface area contributed by atoms with Crippen molar-refractivity contribution in [2.45, 2.75) is 26.4 Å². The number of hydrogen-bond acceptors (Lipinski definition) is 2. The van der Waals surface area contributed by atoms with Crippen LogP contribution in [0.3, 0.4) is 0 Å². The van der Waals surface area contributed by atoms with Crippen molar-refractivity contribution >= 4 is 0 Å². The number of aryl methyl sites for hydroxylation is 1. The zero-order chi connectivity index (χ0) is 15.4. The van der Waals surface area contributed by atoms with E-state index in [0.717, 1.165) is 12.2 Å². The Morgan fingerprint density at radius 2 is 1.82 bits per heavy atom. The second kappa shape index (κ2) is 6.58. The van der Waals surface area contributed by atoms with Crippen LogP contribution in [-0.4, -0.2) is 9.78 Å². The topological polar surface area (TPSA) is 29.9 Å². The smallest absolute Gasteiger partial charge is 0.0645 e. The molecule has 1 heterocycles. The van der Waals surface area contributed by atoms with Crippen LogP contribution in [0.4, 0.5) is 0 Å². The third kappa shape index (κ3) is 3.26. The van der Waals surface area contributed by atoms with Gasteiger partial charge in [0, 0.05) is 25.0 Å². The number of benzene rings is 2. The van der Waals surface area contributed by atoms with E-state index in [0.29, 0.717) is 6.04 Å². The minimum atomic E-state index is 0.340. The van der Waals surface area contributed by atoms with E-state index >= 15 is 0 Å². The lowest BCUT2D eigenvalue weighted by molar-refractivity contribution is 0.572. The summed E-state index contributed by atoms with van der Waals surface area (Å²) in [6, 6.07) is 19.3. The summed E-state index contributed by atoms with van der Waals surface area (Å²) in [4.78, 5) is 0. The van der Waals surface area contributed by atoms with Gasteiger partial charge in [0.05, 0.1) is 5.69 Å². The molecule has 1 aromatic heterocycles. The van der Waals surface area contributed by atoms with Crippen molar-refractivity contribution in [2.75, 3.05) is 0 Å². The lowest BCUT2D eigenvalue weighted by Gasteiger charge is -2.16. The van der Waals surface area contributed by atoms with Crippen LogP contribution in [0, 0.1) is 6.92 Å². The Balaban J connectivity index is 1.63. The zero-order valence-corrected chi connectivity index (χ0v) is 13.0. The third-order valence-corrected chi connectivity index (χ3v) is 3.97. The molecule has 3 nitrogen and oxygen atoms in total. The quantitative estimate of drug-likeness (QED) is 0.769. The average molecular weight is 291 g/mol. The molecular formula is C19H21N3. The van der Waals surface area contributed by atoms with Crippen molar-refractivity contribution in [1.82, 2.24) is 15.1 Å². The molecule has 0 bridgehead atoms. The van der Waals surface area contributed by atoms with Gasteiger partial charge in [-0.1, -0.05) is 36.4 Å². The maximum absolute atomic E-state index is 4.24. The number of nitrogens with zero attached hydrogens (tertiary/aromatic N) is 2. The van der Waals surface area contributed by atoms with Crippen molar-refractivity contribution in [2.24, 2.45) is 0 Å². The maximum atomic E-state index is 4.24. The van der Waals surface area contributed by atoms with Crippen LogP contribution >= 0.6 is 0 Å². The van der Waals surface area contributed by atoms with Crippen LogP contribution in [0.25, 0.3) is 5.69 Å². The molecule has 3 heteroatoms. The molecule has 2 aromatic carbocycles. The van der Waals surface area contributed by atoms with Crippen molar-refractivity contribution in [1.29, 1.82) is 0 Å². The van der Waals surface area contributed by atoms with Gasteiger partial charge in [-0.3, -0.25) is 0 Å². The molecule has 1 N–H and O–H groups in total. The van der Waals surface area contributed by atoms with Crippen molar-refractivity contribution in [3.8, 4) is 5.69 Å². The van der Waals surface area contributed by atoms with E-state index in [9.17, 15) is 0 Å². The predicted molar refractivity (Wildman–Crippen MR) is 90.0 cm³/mol. The summed E-state index contributed by atoms with van der Waals surface area (Å²) in [5, 5.41) is 7.83. The largest absolute Gasteiger partial charge is 0.306 e. The first-order valence-corrected chi connectivity index (χ1v) is 7.62. The fraction of sp³-hybridized carbons (Fsp3) is 0.211. The molecule has 0 amide bonds. The molecule has 1 unspecified atom stereocenters. The Morgan fingerprint density at radius 3 is 2.50 bits per heavy atom. The van der Waals surface area contributed by atoms with Crippen LogP contribution in [0.1, 0.15) is 29.7 Å². The van der Waals surface area contributed by atoms with Crippen molar-refractivity contribution in [3.05, 3.63) is 83.7 Å². The van der Waals surface area contributed by atoms with Crippen molar-refractivity contribution < 1.29 is 0 Å². The highest BCUT2D eigenvalue weighted by atomic mass is 15.3. The lowest BCUT2D eigenvalue weighted by Crippen LogP contribution is -2.18. The molecule has 0 spiro atoms. The van der Waals surface area contributed by atoms with E-state index in [1.165, 1.54) is 16.7 Å². The molecular weight excluding hydrogens is 270 g/mol. The fourth-order valence-electron chi connectivity index (χ4n) is 2.64. The van der Waals surface area contributed by atoms with E-state index < -0.39 is 0 Å². The number of nitrogens with one attached hydrogen (secondary N) is 1. The van der Waals surface area contributed by atoms with Gasteiger partial charge in [-0.25, -0.2) is 4.68 Å². The Kier molecular flexibility index (Phi) is 4.35. The number of hydrogen-bond donors (Lipinski definition) is 1. The standard InChI is InChI=1S/C19H21N3/c1-15-6-3-4-7-19(15)16(2)20-14-17-8-10-18(11-9-17)22-13-5-12-21-22/h3-13,16,20H,14H2,1-2H3. The van der Waals surface area contributed by atoms with Gasteiger partial charge in [0.25, 0.3) is 0 Å². The van der Waals surface area contributed by atoms with E-state index in [2.05, 4.69) is 72.8 Å². The van der Waals surface area contributed by atoms with E-state index in [-0.39, 0.29) is 0 Å². The second-order valence-electron chi connectivity index (χ2n) is 5.58. The average Bonchev–Trinajstić information content (AvgIpc) is 3.08. The highest BCUT2D eigenvalue weighted by molar-refractivity contribution is 5.34. The summed E-state index contributed by atoms with van der Waals surface area (Å²) in [7, 11) is 0. The summed E-state index contributed by atoms with van der Waals surface area (Å²) < 4.78 is 1.87. The first-order valence-electron chi connectivity index (χ1n) is 7.62. The number of aromatic nitrogens is 2. The molecule has 1 atom stereocenters. The minimum Gasteiger partial charge on any atom is -0.306 e. The third-order valence-electron chi connectivity index (χ3n) is 3.97. The first kappa shape index (κ1) is 14.5. The summed E-state index contributed by atoms with van der Waals surface area (Å²) in [6.45, 7) is 5.22. The molecule has 22 heavy (non-hydrogen) atoms. The van der Waals surface area contributed by atoms with Crippen molar-refractivity contribution in [3.63, 3.8) is 0 Å². The normalized spacial score (nSPS) is 12.3. The minimum absolute atomic E-state index is 0.340. The molecule has 0 aliphatic heterocycles. The molecule has 0 saturated heterocycles. The Hall–Kier alpha value is -2.39. The van der Waals surface area contributed by atoms with Gasteiger partial charge in [-0.05, 0) is 48.7 Å². The second-order valence-corrected chi connectivity index (χ2v) is 5.58. The monoisotopic (exact) mass is 291 g/mol. The van der Waals surface area contributed by atoms with Gasteiger partial charge in [0.2, 0.25) is 0 Å². The molecule has 112 valence electrons. The zero-order valence-electron chi connectivity index (χ0n) is 13.0. The summed E-state index contributed by atoms with van der Waals surface area (Å²) in [6.07, 6.45) is 3.74. The maximum Gasteiger partial charge on any atom is 0.0645 e. The molecule has 3 aromatic rings. The van der Waals surface area contributed by atoms with Gasteiger partial charge in [-0.2, -0.15) is 5.10 Å². The van der Waals surface area contributed by atoms with Crippen LogP contribution in [0.5, 0.6) is 0 Å². The molecule has 0 radical (unpaired) electrons. The van der Waals surface area contributed by atoms with E-state index in [4.69, 9.17) is 0 Å². The SMILES string of the molecule is Cc1ccccc1C(C)NCc1ccc(-n2cccn2)cc1. The van der Waals surface area contributed by atoms with Gasteiger partial charge in [-0.15, -0.1) is 0 Å². The van der Waals surface area contributed by atoms with Gasteiger partial charge >= 0.3 is 0 Å². The molecule has 0 aliphatic carbocycles. The molecule has 3 rings (SSSR count). The molecule has 0 aliphatic rings. The molecule has 0 fully saturated rings. The first-order chi connectivity index (χ1) is 10.7.